The lowest BCUT2D eigenvalue weighted by Crippen LogP contribution is -2.17. The van der Waals surface area contributed by atoms with E-state index in [2.05, 4.69) is 15.5 Å². The molecule has 5 nitrogen and oxygen atoms in total. The van der Waals surface area contributed by atoms with Gasteiger partial charge in [0.05, 0.1) is 6.20 Å². The van der Waals surface area contributed by atoms with Crippen LogP contribution < -0.4 is 11.1 Å². The molecule has 0 aliphatic carbocycles. The van der Waals surface area contributed by atoms with Crippen molar-refractivity contribution in [2.24, 2.45) is 5.73 Å². The highest BCUT2D eigenvalue weighted by molar-refractivity contribution is 5.90. The van der Waals surface area contributed by atoms with Gasteiger partial charge in [-0.3, -0.25) is 9.89 Å². The van der Waals surface area contributed by atoms with E-state index in [4.69, 9.17) is 5.73 Å². The van der Waals surface area contributed by atoms with Crippen molar-refractivity contribution in [2.45, 2.75) is 25.8 Å². The molecule has 100 valence electrons. The second-order valence-corrected chi connectivity index (χ2v) is 4.53. The predicted octanol–water partition coefficient (Wildman–Crippen LogP) is 2.14. The van der Waals surface area contributed by atoms with Crippen LogP contribution in [0.1, 0.15) is 30.0 Å². The normalized spacial score (nSPS) is 12.1. The Labute approximate surface area is 112 Å². The van der Waals surface area contributed by atoms with Crippen molar-refractivity contribution < 1.29 is 4.79 Å². The van der Waals surface area contributed by atoms with Crippen LogP contribution in [-0.2, 0) is 4.79 Å². The zero-order valence-electron chi connectivity index (χ0n) is 10.9. The Bertz CT molecular complexity index is 535. The van der Waals surface area contributed by atoms with Crippen LogP contribution in [0.5, 0.6) is 0 Å². The lowest BCUT2D eigenvalue weighted by molar-refractivity contribution is -0.116. The molecule has 0 saturated carbocycles. The number of carbonyl (C=O) groups excluding carboxylic acids is 1. The third-order valence-electron chi connectivity index (χ3n) is 3.00. The van der Waals surface area contributed by atoms with E-state index in [0.717, 1.165) is 11.1 Å². The van der Waals surface area contributed by atoms with E-state index in [0.29, 0.717) is 18.7 Å². The fourth-order valence-electron chi connectivity index (χ4n) is 1.83. The first-order valence-electron chi connectivity index (χ1n) is 6.27. The van der Waals surface area contributed by atoms with E-state index >= 15 is 0 Å². The lowest BCUT2D eigenvalue weighted by atomic mass is 10.0. The molecule has 0 aliphatic heterocycles. The maximum atomic E-state index is 11.8. The maximum Gasteiger partial charge on any atom is 0.225 e. The van der Waals surface area contributed by atoms with Crippen molar-refractivity contribution >= 4 is 11.7 Å². The summed E-state index contributed by atoms with van der Waals surface area (Å²) in [5, 5.41) is 9.38. The number of benzene rings is 1. The third kappa shape index (κ3) is 3.66. The minimum Gasteiger partial charge on any atom is -0.324 e. The Kier molecular flexibility index (Phi) is 4.30. The number of aromatic amines is 1. The molecule has 5 heteroatoms. The van der Waals surface area contributed by atoms with Gasteiger partial charge < -0.3 is 11.1 Å². The van der Waals surface area contributed by atoms with Gasteiger partial charge in [0.2, 0.25) is 5.91 Å². The van der Waals surface area contributed by atoms with Crippen LogP contribution in [0.25, 0.3) is 0 Å². The summed E-state index contributed by atoms with van der Waals surface area (Å²) in [4.78, 5) is 11.8. The van der Waals surface area contributed by atoms with Gasteiger partial charge in [-0.1, -0.05) is 30.3 Å². The van der Waals surface area contributed by atoms with Gasteiger partial charge in [0, 0.05) is 18.0 Å². The molecule has 0 spiro atoms. The molecule has 0 bridgehead atoms. The largest absolute Gasteiger partial charge is 0.324 e. The highest BCUT2D eigenvalue weighted by Gasteiger charge is 2.10. The molecule has 1 unspecified atom stereocenters. The molecule has 1 heterocycles. The molecule has 2 aromatic rings. The zero-order chi connectivity index (χ0) is 13.7. The first kappa shape index (κ1) is 13.3. The standard InChI is InChI=1S/C14H18N4O/c1-10-9-16-18-14(10)17-13(19)8-7-12(15)11-5-3-2-4-6-11/h2-6,9,12H,7-8,15H2,1H3,(H2,16,17,18,19). The minimum absolute atomic E-state index is 0.0567. The summed E-state index contributed by atoms with van der Waals surface area (Å²) in [6.45, 7) is 1.88. The average Bonchev–Trinajstić information content (AvgIpc) is 2.82. The number of rotatable bonds is 5. The van der Waals surface area contributed by atoms with Crippen LogP contribution in [0, 0.1) is 6.92 Å². The number of anilines is 1. The minimum atomic E-state index is -0.116. The molecule has 1 aromatic heterocycles. The van der Waals surface area contributed by atoms with Crippen LogP contribution >= 0.6 is 0 Å². The van der Waals surface area contributed by atoms with Crippen molar-refractivity contribution in [1.82, 2.24) is 10.2 Å². The molecule has 1 amide bonds. The number of carbonyl (C=O) groups is 1. The van der Waals surface area contributed by atoms with Crippen LogP contribution in [-0.4, -0.2) is 16.1 Å². The van der Waals surface area contributed by atoms with Crippen molar-refractivity contribution in [2.75, 3.05) is 5.32 Å². The van der Waals surface area contributed by atoms with E-state index in [9.17, 15) is 4.79 Å². The summed E-state index contributed by atoms with van der Waals surface area (Å²) < 4.78 is 0. The number of aromatic nitrogens is 2. The number of amides is 1. The number of nitrogens with two attached hydrogens (primary N) is 1. The summed E-state index contributed by atoms with van der Waals surface area (Å²) >= 11 is 0. The molecule has 0 fully saturated rings. The van der Waals surface area contributed by atoms with Crippen molar-refractivity contribution in [3.8, 4) is 0 Å². The molecule has 19 heavy (non-hydrogen) atoms. The summed E-state index contributed by atoms with van der Waals surface area (Å²) in [5.41, 5.74) is 8.01. The van der Waals surface area contributed by atoms with Crippen LogP contribution in [0.15, 0.2) is 36.5 Å². The quantitative estimate of drug-likeness (QED) is 0.768. The van der Waals surface area contributed by atoms with Crippen LogP contribution in [0.4, 0.5) is 5.82 Å². The average molecular weight is 258 g/mol. The molecular formula is C14H18N4O. The Morgan fingerprint density at radius 1 is 1.42 bits per heavy atom. The predicted molar refractivity (Wildman–Crippen MR) is 74.6 cm³/mol. The molecule has 4 N–H and O–H groups in total. The summed E-state index contributed by atoms with van der Waals surface area (Å²) in [7, 11) is 0. The number of nitrogens with zero attached hydrogens (tertiary/aromatic N) is 1. The Hall–Kier alpha value is -2.14. The van der Waals surface area contributed by atoms with Gasteiger partial charge in [0.1, 0.15) is 5.82 Å². The number of hydrogen-bond acceptors (Lipinski definition) is 3. The second-order valence-electron chi connectivity index (χ2n) is 4.53. The van der Waals surface area contributed by atoms with E-state index in [1.807, 2.05) is 37.3 Å². The Balaban J connectivity index is 1.82. The Morgan fingerprint density at radius 2 is 2.16 bits per heavy atom. The maximum absolute atomic E-state index is 11.8. The Morgan fingerprint density at radius 3 is 2.79 bits per heavy atom. The van der Waals surface area contributed by atoms with Crippen LogP contribution in [0.3, 0.4) is 0 Å². The van der Waals surface area contributed by atoms with Gasteiger partial charge >= 0.3 is 0 Å². The third-order valence-corrected chi connectivity index (χ3v) is 3.00. The van der Waals surface area contributed by atoms with Gasteiger partial charge in [-0.25, -0.2) is 0 Å². The van der Waals surface area contributed by atoms with Gasteiger partial charge in [-0.2, -0.15) is 5.10 Å². The SMILES string of the molecule is Cc1cn[nH]c1NC(=O)CCC(N)c1ccccc1. The summed E-state index contributed by atoms with van der Waals surface area (Å²) in [6, 6.07) is 9.68. The van der Waals surface area contributed by atoms with E-state index in [1.165, 1.54) is 0 Å². The number of nitrogens with one attached hydrogen (secondary N) is 2. The molecular weight excluding hydrogens is 240 g/mol. The highest BCUT2D eigenvalue weighted by atomic mass is 16.1. The topological polar surface area (TPSA) is 83.8 Å². The molecule has 1 atom stereocenters. The van der Waals surface area contributed by atoms with Gasteiger partial charge in [0.15, 0.2) is 0 Å². The molecule has 0 saturated heterocycles. The molecule has 1 aromatic carbocycles. The first-order valence-corrected chi connectivity index (χ1v) is 6.27. The van der Waals surface area contributed by atoms with E-state index in [1.54, 1.807) is 6.20 Å². The zero-order valence-corrected chi connectivity index (χ0v) is 10.9. The van der Waals surface area contributed by atoms with E-state index < -0.39 is 0 Å². The number of hydrogen-bond donors (Lipinski definition) is 3. The fraction of sp³-hybridized carbons (Fsp3) is 0.286. The van der Waals surface area contributed by atoms with Crippen molar-refractivity contribution in [1.29, 1.82) is 0 Å². The fourth-order valence-corrected chi connectivity index (χ4v) is 1.83. The summed E-state index contributed by atoms with van der Waals surface area (Å²) in [6.07, 6.45) is 2.67. The smallest absolute Gasteiger partial charge is 0.225 e. The van der Waals surface area contributed by atoms with Crippen molar-refractivity contribution in [3.63, 3.8) is 0 Å². The first-order chi connectivity index (χ1) is 9.16. The number of aryl methyl sites for hydroxylation is 1. The molecule has 0 aliphatic rings. The van der Waals surface area contributed by atoms with Crippen molar-refractivity contribution in [3.05, 3.63) is 47.7 Å². The van der Waals surface area contributed by atoms with Gasteiger partial charge in [0.25, 0.3) is 0 Å². The van der Waals surface area contributed by atoms with Gasteiger partial charge in [-0.15, -0.1) is 0 Å². The monoisotopic (exact) mass is 258 g/mol. The lowest BCUT2D eigenvalue weighted by Gasteiger charge is -2.11. The second kappa shape index (κ2) is 6.15. The van der Waals surface area contributed by atoms with Gasteiger partial charge in [-0.05, 0) is 18.9 Å². The van der Waals surface area contributed by atoms with Crippen LogP contribution in [0.2, 0.25) is 0 Å². The molecule has 0 radical (unpaired) electrons. The molecule has 2 rings (SSSR count). The van der Waals surface area contributed by atoms with E-state index in [-0.39, 0.29) is 11.9 Å². The highest BCUT2D eigenvalue weighted by Crippen LogP contribution is 2.16. The number of H-pyrrole nitrogens is 1. The summed E-state index contributed by atoms with van der Waals surface area (Å²) in [5.74, 6) is 0.594.